The number of hydrogen-bond acceptors (Lipinski definition) is 3. The predicted molar refractivity (Wildman–Crippen MR) is 77.0 cm³/mol. The van der Waals surface area contributed by atoms with Gasteiger partial charge in [0, 0.05) is 0 Å². The van der Waals surface area contributed by atoms with Gasteiger partial charge in [-0.3, -0.25) is 0 Å². The van der Waals surface area contributed by atoms with Crippen molar-refractivity contribution in [3.05, 3.63) is 35.4 Å². The van der Waals surface area contributed by atoms with Gasteiger partial charge in [0.15, 0.2) is 0 Å². The van der Waals surface area contributed by atoms with E-state index in [0.29, 0.717) is 6.42 Å². The molecule has 110 valence electrons. The van der Waals surface area contributed by atoms with Crippen LogP contribution in [0, 0.1) is 5.41 Å². The third kappa shape index (κ3) is 4.68. The van der Waals surface area contributed by atoms with E-state index in [0.717, 1.165) is 0 Å². The highest BCUT2D eigenvalue weighted by Crippen LogP contribution is 2.30. The van der Waals surface area contributed by atoms with Crippen molar-refractivity contribution in [2.24, 2.45) is 5.41 Å². The van der Waals surface area contributed by atoms with Crippen LogP contribution in [-0.2, 0) is 4.74 Å². The highest BCUT2D eigenvalue weighted by molar-refractivity contribution is 6.02. The smallest absolute Gasteiger partial charge is 0.339 e. The van der Waals surface area contributed by atoms with Gasteiger partial charge >= 0.3 is 11.9 Å². The summed E-state index contributed by atoms with van der Waals surface area (Å²) in [6.07, 6.45) is 0.682. The van der Waals surface area contributed by atoms with E-state index in [1.165, 1.54) is 12.1 Å². The van der Waals surface area contributed by atoms with E-state index in [4.69, 9.17) is 9.84 Å². The van der Waals surface area contributed by atoms with Crippen molar-refractivity contribution in [1.29, 1.82) is 0 Å². The third-order valence-electron chi connectivity index (χ3n) is 2.70. The Morgan fingerprint density at radius 1 is 1.05 bits per heavy atom. The number of rotatable bonds is 4. The number of carboxylic acids is 1. The molecule has 0 bridgehead atoms. The Labute approximate surface area is 119 Å². The van der Waals surface area contributed by atoms with E-state index in [2.05, 4.69) is 20.8 Å². The van der Waals surface area contributed by atoms with Gasteiger partial charge in [0.05, 0.1) is 11.1 Å². The zero-order valence-electron chi connectivity index (χ0n) is 12.7. The molecule has 0 fully saturated rings. The van der Waals surface area contributed by atoms with Gasteiger partial charge in [0.2, 0.25) is 0 Å². The number of ether oxygens (including phenoxy) is 1. The van der Waals surface area contributed by atoms with Crippen LogP contribution in [0.1, 0.15) is 61.8 Å². The van der Waals surface area contributed by atoms with E-state index >= 15 is 0 Å². The molecule has 0 atom stereocenters. The SMILES string of the molecule is CC(C)(C)CC(C)(C)OC(=O)c1ccccc1C(=O)O. The molecule has 0 saturated carbocycles. The average molecular weight is 278 g/mol. The summed E-state index contributed by atoms with van der Waals surface area (Å²) in [6, 6.07) is 6.08. The number of aromatic carboxylic acids is 1. The Hall–Kier alpha value is -1.84. The van der Waals surface area contributed by atoms with Crippen LogP contribution in [-0.4, -0.2) is 22.6 Å². The van der Waals surface area contributed by atoms with Gasteiger partial charge < -0.3 is 9.84 Å². The van der Waals surface area contributed by atoms with Gasteiger partial charge in [0.25, 0.3) is 0 Å². The Bertz CT molecular complexity index is 509. The first-order valence-electron chi connectivity index (χ1n) is 6.57. The van der Waals surface area contributed by atoms with Crippen LogP contribution in [0.5, 0.6) is 0 Å². The lowest BCUT2D eigenvalue weighted by atomic mass is 9.83. The van der Waals surface area contributed by atoms with Gasteiger partial charge in [-0.15, -0.1) is 0 Å². The first-order valence-corrected chi connectivity index (χ1v) is 6.57. The molecule has 4 heteroatoms. The predicted octanol–water partition coefficient (Wildman–Crippen LogP) is 3.76. The Morgan fingerprint density at radius 2 is 1.55 bits per heavy atom. The minimum absolute atomic E-state index is 0.0100. The fourth-order valence-electron chi connectivity index (χ4n) is 2.47. The Balaban J connectivity index is 2.95. The maximum absolute atomic E-state index is 12.2. The van der Waals surface area contributed by atoms with Crippen molar-refractivity contribution in [3.8, 4) is 0 Å². The number of esters is 1. The third-order valence-corrected chi connectivity index (χ3v) is 2.70. The van der Waals surface area contributed by atoms with E-state index in [-0.39, 0.29) is 16.5 Å². The summed E-state index contributed by atoms with van der Waals surface area (Å²) in [7, 11) is 0. The lowest BCUT2D eigenvalue weighted by Crippen LogP contribution is -2.33. The van der Waals surface area contributed by atoms with Crippen LogP contribution in [0.2, 0.25) is 0 Å². The van der Waals surface area contributed by atoms with Crippen LogP contribution in [0.4, 0.5) is 0 Å². The number of carboxylic acid groups (broad SMARTS) is 1. The fourth-order valence-corrected chi connectivity index (χ4v) is 2.47. The Kier molecular flexibility index (Phi) is 4.58. The van der Waals surface area contributed by atoms with Crippen molar-refractivity contribution in [2.45, 2.75) is 46.6 Å². The largest absolute Gasteiger partial charge is 0.478 e. The molecule has 0 aliphatic heterocycles. The molecule has 0 aliphatic rings. The molecule has 0 aliphatic carbocycles. The summed E-state index contributed by atoms with van der Waals surface area (Å²) in [5.41, 5.74) is -0.595. The van der Waals surface area contributed by atoms with Crippen LogP contribution in [0.25, 0.3) is 0 Å². The van der Waals surface area contributed by atoms with E-state index < -0.39 is 17.5 Å². The fraction of sp³-hybridized carbons (Fsp3) is 0.500. The second kappa shape index (κ2) is 5.65. The van der Waals surface area contributed by atoms with Crippen molar-refractivity contribution >= 4 is 11.9 Å². The first kappa shape index (κ1) is 16.2. The first-order chi connectivity index (χ1) is 9.02. The highest BCUT2D eigenvalue weighted by Gasteiger charge is 2.30. The zero-order chi connectivity index (χ0) is 15.6. The minimum Gasteiger partial charge on any atom is -0.478 e. The van der Waals surface area contributed by atoms with Gasteiger partial charge in [-0.25, -0.2) is 9.59 Å². The number of carbonyl (C=O) groups excluding carboxylic acids is 1. The Morgan fingerprint density at radius 3 is 2.00 bits per heavy atom. The molecule has 0 saturated heterocycles. The number of benzene rings is 1. The molecule has 20 heavy (non-hydrogen) atoms. The molecular weight excluding hydrogens is 256 g/mol. The minimum atomic E-state index is -1.13. The van der Waals surface area contributed by atoms with Crippen molar-refractivity contribution in [2.75, 3.05) is 0 Å². The lowest BCUT2D eigenvalue weighted by molar-refractivity contribution is -0.0181. The maximum Gasteiger partial charge on any atom is 0.339 e. The van der Waals surface area contributed by atoms with E-state index in [1.807, 2.05) is 13.8 Å². The maximum atomic E-state index is 12.2. The average Bonchev–Trinajstić information content (AvgIpc) is 2.24. The molecule has 1 aromatic rings. The quantitative estimate of drug-likeness (QED) is 0.852. The summed E-state index contributed by atoms with van der Waals surface area (Å²) in [4.78, 5) is 23.3. The highest BCUT2D eigenvalue weighted by atomic mass is 16.6. The van der Waals surface area contributed by atoms with Gasteiger partial charge in [-0.1, -0.05) is 32.9 Å². The van der Waals surface area contributed by atoms with Gasteiger partial charge in [-0.05, 0) is 37.8 Å². The molecule has 0 unspecified atom stereocenters. The molecule has 0 aromatic heterocycles. The van der Waals surface area contributed by atoms with Crippen molar-refractivity contribution < 1.29 is 19.4 Å². The molecule has 1 rings (SSSR count). The summed E-state index contributed by atoms with van der Waals surface area (Å²) in [5.74, 6) is -1.73. The molecule has 0 amide bonds. The van der Waals surface area contributed by atoms with E-state index in [9.17, 15) is 9.59 Å². The van der Waals surface area contributed by atoms with E-state index in [1.54, 1.807) is 12.1 Å². The standard InChI is InChI=1S/C16H22O4/c1-15(2,3)10-16(4,5)20-14(19)12-9-7-6-8-11(12)13(17)18/h6-9H,10H2,1-5H3,(H,17,18). The van der Waals surface area contributed by atoms with Crippen LogP contribution in [0.15, 0.2) is 24.3 Å². The normalized spacial score (nSPS) is 12.1. The monoisotopic (exact) mass is 278 g/mol. The second-order valence-corrected chi connectivity index (χ2v) is 6.74. The number of carbonyl (C=O) groups is 2. The molecule has 0 spiro atoms. The molecular formula is C16H22O4. The van der Waals surface area contributed by atoms with Crippen LogP contribution < -0.4 is 0 Å². The van der Waals surface area contributed by atoms with Gasteiger partial charge in [0.1, 0.15) is 5.60 Å². The number of hydrogen-bond donors (Lipinski definition) is 1. The summed E-state index contributed by atoms with van der Waals surface area (Å²) in [5, 5.41) is 9.09. The molecule has 4 nitrogen and oxygen atoms in total. The molecule has 0 heterocycles. The zero-order valence-corrected chi connectivity index (χ0v) is 12.7. The summed E-state index contributed by atoms with van der Waals surface area (Å²) in [6.45, 7) is 9.86. The summed E-state index contributed by atoms with van der Waals surface area (Å²) < 4.78 is 5.49. The summed E-state index contributed by atoms with van der Waals surface area (Å²) >= 11 is 0. The second-order valence-electron chi connectivity index (χ2n) is 6.74. The molecule has 1 N–H and O–H groups in total. The van der Waals surface area contributed by atoms with Crippen molar-refractivity contribution in [3.63, 3.8) is 0 Å². The van der Waals surface area contributed by atoms with Crippen LogP contribution in [0.3, 0.4) is 0 Å². The van der Waals surface area contributed by atoms with Gasteiger partial charge in [-0.2, -0.15) is 0 Å². The topological polar surface area (TPSA) is 63.6 Å². The molecule has 1 aromatic carbocycles. The molecule has 0 radical (unpaired) electrons. The van der Waals surface area contributed by atoms with Crippen LogP contribution >= 0.6 is 0 Å². The lowest BCUT2D eigenvalue weighted by Gasteiger charge is -2.32. The van der Waals surface area contributed by atoms with Crippen molar-refractivity contribution in [1.82, 2.24) is 0 Å².